The molecule has 0 radical (unpaired) electrons. The predicted molar refractivity (Wildman–Crippen MR) is 95.5 cm³/mol. The Morgan fingerprint density at radius 1 is 1.31 bits per heavy atom. The van der Waals surface area contributed by atoms with Gasteiger partial charge in [-0.15, -0.1) is 0 Å². The summed E-state index contributed by atoms with van der Waals surface area (Å²) in [6, 6.07) is 7.15. The number of amides is 1. The van der Waals surface area contributed by atoms with Crippen LogP contribution in [0.4, 0.5) is 5.69 Å². The van der Waals surface area contributed by atoms with Gasteiger partial charge in [0.05, 0.1) is 11.4 Å². The summed E-state index contributed by atoms with van der Waals surface area (Å²) in [6.07, 6.45) is 2.69. The number of hydrogen-bond donors (Lipinski definition) is 1. The van der Waals surface area contributed by atoms with Crippen molar-refractivity contribution in [2.75, 3.05) is 17.2 Å². The van der Waals surface area contributed by atoms with Crippen LogP contribution in [0.25, 0.3) is 0 Å². The molecule has 3 rings (SSSR count). The Balaban J connectivity index is 1.84. The zero-order valence-electron chi connectivity index (χ0n) is 14.1. The highest BCUT2D eigenvalue weighted by Crippen LogP contribution is 2.36. The lowest BCUT2D eigenvalue weighted by atomic mass is 10.00. The Morgan fingerprint density at radius 2 is 2.15 bits per heavy atom. The van der Waals surface area contributed by atoms with Gasteiger partial charge in [0, 0.05) is 36.9 Å². The maximum atomic E-state index is 12.3. The number of benzene rings is 1. The van der Waals surface area contributed by atoms with Crippen molar-refractivity contribution in [3.63, 3.8) is 0 Å². The summed E-state index contributed by atoms with van der Waals surface area (Å²) in [5.41, 5.74) is 7.92. The molecule has 0 saturated heterocycles. The Bertz CT molecular complexity index is 830. The van der Waals surface area contributed by atoms with E-state index < -0.39 is 11.1 Å². The smallest absolute Gasteiger partial charge is 0.227 e. The van der Waals surface area contributed by atoms with Gasteiger partial charge in [-0.05, 0) is 25.0 Å². The number of carbonyl (C=O) groups excluding carboxylic acids is 1. The molecule has 9 heteroatoms. The highest BCUT2D eigenvalue weighted by molar-refractivity contribution is 7.79. The quantitative estimate of drug-likeness (QED) is 0.723. The van der Waals surface area contributed by atoms with Gasteiger partial charge >= 0.3 is 0 Å². The van der Waals surface area contributed by atoms with Gasteiger partial charge in [-0.3, -0.25) is 9.00 Å². The highest BCUT2D eigenvalue weighted by atomic mass is 32.2. The second-order valence-electron chi connectivity index (χ2n) is 5.81. The molecule has 0 spiro atoms. The van der Waals surface area contributed by atoms with Crippen molar-refractivity contribution in [3.8, 4) is 11.6 Å². The van der Waals surface area contributed by atoms with Crippen LogP contribution in [0.2, 0.25) is 0 Å². The van der Waals surface area contributed by atoms with Crippen molar-refractivity contribution in [2.45, 2.75) is 25.8 Å². The van der Waals surface area contributed by atoms with Gasteiger partial charge in [0.2, 0.25) is 11.8 Å². The average molecular weight is 375 g/mol. The molecule has 1 aromatic carbocycles. The van der Waals surface area contributed by atoms with E-state index in [-0.39, 0.29) is 18.2 Å². The van der Waals surface area contributed by atoms with Gasteiger partial charge in [0.25, 0.3) is 0 Å². The fourth-order valence-electron chi connectivity index (χ4n) is 2.90. The molecule has 2 heterocycles. The SMILES string of the molecule is NCc1cc(Oc2cccc3c2CCC(=O)N3CCCS(=O)[O-])ncn1. The lowest BCUT2D eigenvalue weighted by Gasteiger charge is -2.30. The summed E-state index contributed by atoms with van der Waals surface area (Å²) in [5, 5.41) is 0. The summed E-state index contributed by atoms with van der Waals surface area (Å²) in [6.45, 7) is 0.642. The molecule has 2 N–H and O–H groups in total. The third-order valence-electron chi connectivity index (χ3n) is 4.10. The number of aromatic nitrogens is 2. The number of carbonyl (C=O) groups is 1. The van der Waals surface area contributed by atoms with Crippen molar-refractivity contribution >= 4 is 22.7 Å². The number of hydrogen-bond acceptors (Lipinski definition) is 7. The number of ether oxygens (including phenoxy) is 1. The van der Waals surface area contributed by atoms with Crippen molar-refractivity contribution in [2.24, 2.45) is 5.73 Å². The molecule has 1 amide bonds. The van der Waals surface area contributed by atoms with Gasteiger partial charge in [0.15, 0.2) is 0 Å². The molecule has 0 fully saturated rings. The van der Waals surface area contributed by atoms with E-state index in [9.17, 15) is 13.6 Å². The molecular weight excluding hydrogens is 356 g/mol. The number of nitrogens with two attached hydrogens (primary N) is 1. The van der Waals surface area contributed by atoms with Gasteiger partial charge in [-0.1, -0.05) is 17.1 Å². The maximum absolute atomic E-state index is 12.3. The fourth-order valence-corrected chi connectivity index (χ4v) is 3.26. The van der Waals surface area contributed by atoms with Gasteiger partial charge in [0.1, 0.15) is 12.1 Å². The van der Waals surface area contributed by atoms with E-state index in [1.165, 1.54) is 6.33 Å². The molecule has 0 aliphatic carbocycles. The van der Waals surface area contributed by atoms with E-state index in [2.05, 4.69) is 9.97 Å². The second-order valence-corrected chi connectivity index (χ2v) is 6.83. The molecule has 1 aliphatic heterocycles. The largest absolute Gasteiger partial charge is 0.772 e. The molecule has 1 aliphatic rings. The normalized spacial score (nSPS) is 14.8. The van der Waals surface area contributed by atoms with Crippen LogP contribution in [0.15, 0.2) is 30.6 Å². The van der Waals surface area contributed by atoms with Crippen LogP contribution in [0, 0.1) is 0 Å². The van der Waals surface area contributed by atoms with Crippen LogP contribution in [0.5, 0.6) is 11.6 Å². The number of fused-ring (bicyclic) bond motifs is 1. The van der Waals surface area contributed by atoms with E-state index >= 15 is 0 Å². The van der Waals surface area contributed by atoms with Gasteiger partial charge in [-0.2, -0.15) is 0 Å². The zero-order valence-corrected chi connectivity index (χ0v) is 14.9. The third kappa shape index (κ3) is 4.24. The summed E-state index contributed by atoms with van der Waals surface area (Å²) in [4.78, 5) is 22.0. The van der Waals surface area contributed by atoms with Crippen LogP contribution >= 0.6 is 0 Å². The Labute approximate surface area is 153 Å². The number of nitrogens with zero attached hydrogens (tertiary/aromatic N) is 3. The molecule has 1 atom stereocenters. The van der Waals surface area contributed by atoms with E-state index in [1.54, 1.807) is 17.0 Å². The van der Waals surface area contributed by atoms with E-state index in [0.717, 1.165) is 11.3 Å². The van der Waals surface area contributed by atoms with E-state index in [4.69, 9.17) is 10.5 Å². The Kier molecular flexibility index (Phi) is 5.92. The Hall–Kier alpha value is -2.36. The molecule has 2 aromatic rings. The van der Waals surface area contributed by atoms with Crippen molar-refractivity contribution < 1.29 is 18.3 Å². The second kappa shape index (κ2) is 8.35. The summed E-state index contributed by atoms with van der Waals surface area (Å²) < 4.78 is 27.4. The lowest BCUT2D eigenvalue weighted by molar-refractivity contribution is -0.118. The monoisotopic (exact) mass is 375 g/mol. The molecule has 8 nitrogen and oxygen atoms in total. The maximum Gasteiger partial charge on any atom is 0.227 e. The molecule has 0 bridgehead atoms. The van der Waals surface area contributed by atoms with E-state index in [0.29, 0.717) is 43.1 Å². The summed E-state index contributed by atoms with van der Waals surface area (Å²) >= 11 is -2.11. The lowest BCUT2D eigenvalue weighted by Crippen LogP contribution is -2.36. The standard InChI is InChI=1S/C17H20N4O4S/c18-10-12-9-16(20-11-19-12)25-15-4-1-3-14-13(15)5-6-17(22)21(14)7-2-8-26(23)24/h1,3-4,9,11H,2,5-8,10,18H2,(H,23,24)/p-1. The van der Waals surface area contributed by atoms with E-state index in [1.807, 2.05) is 12.1 Å². The van der Waals surface area contributed by atoms with Crippen molar-refractivity contribution in [3.05, 3.63) is 41.9 Å². The molecule has 1 unspecified atom stereocenters. The first-order valence-corrected chi connectivity index (χ1v) is 9.50. The minimum absolute atomic E-state index is 0.0150. The third-order valence-corrected chi connectivity index (χ3v) is 4.73. The molecular formula is C17H19N4O4S-. The summed E-state index contributed by atoms with van der Waals surface area (Å²) in [7, 11) is 0. The van der Waals surface area contributed by atoms with Gasteiger partial charge in [-0.25, -0.2) is 9.97 Å². The number of anilines is 1. The van der Waals surface area contributed by atoms with Gasteiger partial charge < -0.3 is 19.9 Å². The van der Waals surface area contributed by atoms with Crippen LogP contribution in [0.1, 0.15) is 24.1 Å². The van der Waals surface area contributed by atoms with Crippen molar-refractivity contribution in [1.29, 1.82) is 0 Å². The highest BCUT2D eigenvalue weighted by Gasteiger charge is 2.26. The van der Waals surface area contributed by atoms with Crippen LogP contribution in [-0.2, 0) is 28.8 Å². The zero-order chi connectivity index (χ0) is 18.5. The molecule has 1 aromatic heterocycles. The fraction of sp³-hybridized carbons (Fsp3) is 0.353. The topological polar surface area (TPSA) is 121 Å². The minimum atomic E-state index is -2.11. The van der Waals surface area contributed by atoms with Crippen LogP contribution < -0.4 is 15.4 Å². The predicted octanol–water partition coefficient (Wildman–Crippen LogP) is 1.28. The summed E-state index contributed by atoms with van der Waals surface area (Å²) in [5.74, 6) is 1.02. The first-order valence-electron chi connectivity index (χ1n) is 8.25. The number of rotatable bonds is 7. The minimum Gasteiger partial charge on any atom is -0.772 e. The average Bonchev–Trinajstić information content (AvgIpc) is 2.63. The molecule has 0 saturated carbocycles. The van der Waals surface area contributed by atoms with Crippen LogP contribution in [-0.4, -0.2) is 36.9 Å². The molecule has 138 valence electrons. The first kappa shape index (κ1) is 18.4. The first-order chi connectivity index (χ1) is 12.6. The van der Waals surface area contributed by atoms with Crippen molar-refractivity contribution in [1.82, 2.24) is 9.97 Å². The molecule has 26 heavy (non-hydrogen) atoms. The Morgan fingerprint density at radius 3 is 2.92 bits per heavy atom. The van der Waals surface area contributed by atoms with Crippen LogP contribution in [0.3, 0.4) is 0 Å².